The topological polar surface area (TPSA) is 56.5 Å². The molecule has 1 saturated heterocycles. The third-order valence-electron chi connectivity index (χ3n) is 3.70. The summed E-state index contributed by atoms with van der Waals surface area (Å²) in [4.78, 5) is 0. The highest BCUT2D eigenvalue weighted by molar-refractivity contribution is 7.80. The average Bonchev–Trinajstić information content (AvgIpc) is 2.48. The van der Waals surface area contributed by atoms with Crippen molar-refractivity contribution in [3.8, 4) is 0 Å². The minimum absolute atomic E-state index is 0.253. The van der Waals surface area contributed by atoms with Crippen molar-refractivity contribution in [3.63, 3.8) is 0 Å². The zero-order chi connectivity index (χ0) is 14.3. The normalized spacial score (nSPS) is 20.3. The molecule has 0 aromatic heterocycles. The number of anilines is 1. The molecule has 0 aliphatic carbocycles. The Morgan fingerprint density at radius 1 is 1.11 bits per heavy atom. The van der Waals surface area contributed by atoms with Gasteiger partial charge in [0.2, 0.25) is 0 Å². The van der Waals surface area contributed by atoms with E-state index in [2.05, 4.69) is 5.32 Å². The van der Waals surface area contributed by atoms with E-state index < -0.39 is 0 Å². The first-order chi connectivity index (χ1) is 8.71. The highest BCUT2D eigenvalue weighted by atomic mass is 32.1. The summed E-state index contributed by atoms with van der Waals surface area (Å²) in [5.74, 6) is 0. The number of nitrogens with one attached hydrogen (secondary N) is 1. The molecule has 3 N–H and O–H groups in total. The predicted molar refractivity (Wildman–Crippen MR) is 82.6 cm³/mol. The Morgan fingerprint density at radius 2 is 1.58 bits per heavy atom. The summed E-state index contributed by atoms with van der Waals surface area (Å²) in [5, 5.41) is 3.14. The molecule has 1 aliphatic heterocycles. The van der Waals surface area contributed by atoms with E-state index in [4.69, 9.17) is 27.3 Å². The van der Waals surface area contributed by atoms with Gasteiger partial charge >= 0.3 is 7.12 Å². The first-order valence-electron chi connectivity index (χ1n) is 6.23. The Bertz CT molecular complexity index is 472. The van der Waals surface area contributed by atoms with Crippen molar-refractivity contribution in [2.75, 3.05) is 5.32 Å². The van der Waals surface area contributed by atoms with Gasteiger partial charge in [-0.3, -0.25) is 0 Å². The van der Waals surface area contributed by atoms with E-state index in [9.17, 15) is 0 Å². The van der Waals surface area contributed by atoms with Crippen LogP contribution in [0.1, 0.15) is 27.7 Å². The van der Waals surface area contributed by atoms with Crippen LogP contribution in [0.5, 0.6) is 0 Å². The van der Waals surface area contributed by atoms with Crippen molar-refractivity contribution in [2.24, 2.45) is 5.73 Å². The van der Waals surface area contributed by atoms with Gasteiger partial charge in [0.25, 0.3) is 0 Å². The standard InChI is InChI=1S/C13H19BN2O2S/c1-12(2)13(3,4)18-14(17-12)9-5-7-10(8-6-9)16-11(15)19/h5-8H,1-4H3,(H3,15,16,19). The van der Waals surface area contributed by atoms with E-state index in [0.717, 1.165) is 11.2 Å². The molecule has 0 atom stereocenters. The molecule has 1 heterocycles. The highest BCUT2D eigenvalue weighted by Gasteiger charge is 2.51. The van der Waals surface area contributed by atoms with E-state index in [0.29, 0.717) is 0 Å². The number of hydrogen-bond acceptors (Lipinski definition) is 3. The number of thiocarbonyl (C=S) groups is 1. The lowest BCUT2D eigenvalue weighted by atomic mass is 9.79. The van der Waals surface area contributed by atoms with Crippen molar-refractivity contribution in [1.82, 2.24) is 0 Å². The Hall–Kier alpha value is -1.11. The molecule has 1 aromatic carbocycles. The maximum Gasteiger partial charge on any atom is 0.494 e. The molecule has 1 aliphatic rings. The summed E-state index contributed by atoms with van der Waals surface area (Å²) < 4.78 is 12.0. The molecular formula is C13H19BN2O2S. The minimum Gasteiger partial charge on any atom is -0.399 e. The van der Waals surface area contributed by atoms with E-state index in [1.807, 2.05) is 52.0 Å². The van der Waals surface area contributed by atoms with Crippen LogP contribution in [0, 0.1) is 0 Å². The van der Waals surface area contributed by atoms with Crippen LogP contribution < -0.4 is 16.5 Å². The molecule has 0 bridgehead atoms. The Kier molecular flexibility index (Phi) is 3.60. The van der Waals surface area contributed by atoms with Gasteiger partial charge in [-0.25, -0.2) is 0 Å². The van der Waals surface area contributed by atoms with Gasteiger partial charge in [-0.1, -0.05) is 12.1 Å². The number of nitrogens with two attached hydrogens (primary N) is 1. The second-order valence-corrected chi connectivity index (χ2v) is 6.14. The quantitative estimate of drug-likeness (QED) is 0.636. The van der Waals surface area contributed by atoms with Gasteiger partial charge in [-0.05, 0) is 57.5 Å². The molecule has 1 fully saturated rings. The van der Waals surface area contributed by atoms with E-state index in [-0.39, 0.29) is 23.4 Å². The monoisotopic (exact) mass is 278 g/mol. The largest absolute Gasteiger partial charge is 0.494 e. The summed E-state index contributed by atoms with van der Waals surface area (Å²) in [6, 6.07) is 7.70. The molecule has 2 rings (SSSR count). The third kappa shape index (κ3) is 2.91. The summed E-state index contributed by atoms with van der Waals surface area (Å²) in [6.07, 6.45) is 0. The SMILES string of the molecule is CC1(C)OB(c2ccc(NC(N)=S)cc2)OC1(C)C. The molecule has 0 radical (unpaired) electrons. The van der Waals surface area contributed by atoms with Gasteiger partial charge in [0.1, 0.15) is 0 Å². The number of rotatable bonds is 2. The summed E-state index contributed by atoms with van der Waals surface area (Å²) in [7, 11) is -0.344. The number of hydrogen-bond donors (Lipinski definition) is 2. The molecule has 0 saturated carbocycles. The first-order valence-corrected chi connectivity index (χ1v) is 6.64. The molecule has 6 heteroatoms. The summed E-state index contributed by atoms with van der Waals surface area (Å²) >= 11 is 4.80. The molecule has 0 unspecified atom stereocenters. The Balaban J connectivity index is 2.14. The maximum atomic E-state index is 5.98. The molecule has 4 nitrogen and oxygen atoms in total. The zero-order valence-corrected chi connectivity index (χ0v) is 12.5. The molecule has 19 heavy (non-hydrogen) atoms. The lowest BCUT2D eigenvalue weighted by Gasteiger charge is -2.32. The second-order valence-electron chi connectivity index (χ2n) is 5.70. The van der Waals surface area contributed by atoms with Gasteiger partial charge < -0.3 is 20.4 Å². The molecule has 0 amide bonds. The van der Waals surface area contributed by atoms with Gasteiger partial charge in [0.05, 0.1) is 11.2 Å². The van der Waals surface area contributed by atoms with Crippen molar-refractivity contribution in [2.45, 2.75) is 38.9 Å². The molecule has 1 aromatic rings. The smallest absolute Gasteiger partial charge is 0.399 e. The van der Waals surface area contributed by atoms with Crippen LogP contribution in [0.15, 0.2) is 24.3 Å². The van der Waals surface area contributed by atoms with Crippen LogP contribution in [-0.4, -0.2) is 23.4 Å². The minimum atomic E-state index is -0.344. The van der Waals surface area contributed by atoms with Crippen LogP contribution in [-0.2, 0) is 9.31 Å². The van der Waals surface area contributed by atoms with Gasteiger partial charge in [0, 0.05) is 5.69 Å². The predicted octanol–water partition coefficient (Wildman–Crippen LogP) is 1.64. The second kappa shape index (κ2) is 4.78. The van der Waals surface area contributed by atoms with E-state index in [1.165, 1.54) is 0 Å². The van der Waals surface area contributed by atoms with Crippen LogP contribution in [0.4, 0.5) is 5.69 Å². The van der Waals surface area contributed by atoms with Crippen LogP contribution in [0.2, 0.25) is 0 Å². The third-order valence-corrected chi connectivity index (χ3v) is 3.81. The van der Waals surface area contributed by atoms with Crippen molar-refractivity contribution < 1.29 is 9.31 Å². The van der Waals surface area contributed by atoms with Gasteiger partial charge in [-0.2, -0.15) is 0 Å². The van der Waals surface area contributed by atoms with E-state index >= 15 is 0 Å². The fourth-order valence-electron chi connectivity index (χ4n) is 1.84. The summed E-state index contributed by atoms with van der Waals surface area (Å²) in [6.45, 7) is 8.15. The average molecular weight is 278 g/mol. The highest BCUT2D eigenvalue weighted by Crippen LogP contribution is 2.36. The zero-order valence-electron chi connectivity index (χ0n) is 11.7. The van der Waals surface area contributed by atoms with Gasteiger partial charge in [0.15, 0.2) is 5.11 Å². The van der Waals surface area contributed by atoms with E-state index in [1.54, 1.807) is 0 Å². The lowest BCUT2D eigenvalue weighted by Crippen LogP contribution is -2.41. The van der Waals surface area contributed by atoms with Gasteiger partial charge in [-0.15, -0.1) is 0 Å². The molecule has 0 spiro atoms. The molecular weight excluding hydrogens is 259 g/mol. The van der Waals surface area contributed by atoms with Crippen molar-refractivity contribution in [3.05, 3.63) is 24.3 Å². The van der Waals surface area contributed by atoms with Crippen molar-refractivity contribution in [1.29, 1.82) is 0 Å². The van der Waals surface area contributed by atoms with Crippen molar-refractivity contribution >= 4 is 35.6 Å². The van der Waals surface area contributed by atoms with Crippen LogP contribution >= 0.6 is 12.2 Å². The molecule has 102 valence electrons. The van der Waals surface area contributed by atoms with Crippen LogP contribution in [0.25, 0.3) is 0 Å². The maximum absolute atomic E-state index is 5.98. The lowest BCUT2D eigenvalue weighted by molar-refractivity contribution is 0.00578. The fourth-order valence-corrected chi connectivity index (χ4v) is 1.96. The Labute approximate surface area is 119 Å². The fraction of sp³-hybridized carbons (Fsp3) is 0.462. The summed E-state index contributed by atoms with van der Waals surface area (Å²) in [5.41, 5.74) is 6.61. The van der Waals surface area contributed by atoms with Crippen LogP contribution in [0.3, 0.4) is 0 Å². The first kappa shape index (κ1) is 14.3. The number of benzene rings is 1. The Morgan fingerprint density at radius 3 is 2.00 bits per heavy atom.